The van der Waals surface area contributed by atoms with E-state index in [-0.39, 0.29) is 12.1 Å². The molecule has 2 amide bonds. The van der Waals surface area contributed by atoms with Crippen molar-refractivity contribution in [2.45, 2.75) is 31.8 Å². The standard InChI is InChI=1S/C17H17ClN2O3/c1-11(15-3-2-10-23-15)20(14-8-9-14)17(22)16(21)19-13-6-4-12(18)5-7-13/h2-7,10-11,14H,8-9H2,1H3,(H,19,21)/t11-/m0/s1. The van der Waals surface area contributed by atoms with E-state index in [0.29, 0.717) is 16.5 Å². The number of hydrogen-bond donors (Lipinski definition) is 1. The summed E-state index contributed by atoms with van der Waals surface area (Å²) in [4.78, 5) is 26.5. The fourth-order valence-electron chi connectivity index (χ4n) is 2.51. The van der Waals surface area contributed by atoms with Crippen LogP contribution in [0.2, 0.25) is 5.02 Å². The second kappa shape index (κ2) is 6.46. The monoisotopic (exact) mass is 332 g/mol. The third-order valence-corrected chi connectivity index (χ3v) is 4.10. The van der Waals surface area contributed by atoms with Crippen molar-refractivity contribution in [2.75, 3.05) is 5.32 Å². The van der Waals surface area contributed by atoms with Crippen molar-refractivity contribution in [1.82, 2.24) is 4.90 Å². The highest BCUT2D eigenvalue weighted by Gasteiger charge is 2.39. The average Bonchev–Trinajstić information content (AvgIpc) is 3.21. The average molecular weight is 333 g/mol. The van der Waals surface area contributed by atoms with E-state index < -0.39 is 11.8 Å². The maximum absolute atomic E-state index is 12.6. The van der Waals surface area contributed by atoms with Crippen molar-refractivity contribution in [1.29, 1.82) is 0 Å². The zero-order valence-corrected chi connectivity index (χ0v) is 13.4. The third kappa shape index (κ3) is 3.56. The quantitative estimate of drug-likeness (QED) is 0.870. The fraction of sp³-hybridized carbons (Fsp3) is 0.294. The molecule has 120 valence electrons. The van der Waals surface area contributed by atoms with Crippen LogP contribution in [-0.2, 0) is 9.59 Å². The molecule has 5 nitrogen and oxygen atoms in total. The van der Waals surface area contributed by atoms with Gasteiger partial charge in [0.1, 0.15) is 5.76 Å². The fourth-order valence-corrected chi connectivity index (χ4v) is 2.64. The van der Waals surface area contributed by atoms with Crippen LogP contribution in [0.5, 0.6) is 0 Å². The molecule has 1 aliphatic carbocycles. The largest absolute Gasteiger partial charge is 0.467 e. The summed E-state index contributed by atoms with van der Waals surface area (Å²) in [5.74, 6) is -0.534. The predicted octanol–water partition coefficient (Wildman–Crippen LogP) is 3.62. The smallest absolute Gasteiger partial charge is 0.313 e. The first-order chi connectivity index (χ1) is 11.1. The summed E-state index contributed by atoms with van der Waals surface area (Å²) in [6.07, 6.45) is 3.38. The number of nitrogens with zero attached hydrogens (tertiary/aromatic N) is 1. The van der Waals surface area contributed by atoms with Crippen molar-refractivity contribution < 1.29 is 14.0 Å². The number of furan rings is 1. The maximum atomic E-state index is 12.6. The lowest BCUT2D eigenvalue weighted by atomic mass is 10.2. The summed E-state index contributed by atoms with van der Waals surface area (Å²) in [5.41, 5.74) is 0.536. The van der Waals surface area contributed by atoms with Crippen molar-refractivity contribution >= 4 is 29.1 Å². The van der Waals surface area contributed by atoms with Gasteiger partial charge >= 0.3 is 11.8 Å². The molecule has 1 saturated carbocycles. The van der Waals surface area contributed by atoms with Crippen LogP contribution in [0.3, 0.4) is 0 Å². The van der Waals surface area contributed by atoms with Crippen LogP contribution in [-0.4, -0.2) is 22.8 Å². The van der Waals surface area contributed by atoms with Crippen LogP contribution >= 0.6 is 11.6 Å². The van der Waals surface area contributed by atoms with Gasteiger partial charge in [-0.05, 0) is 56.2 Å². The minimum atomic E-state index is -0.655. The van der Waals surface area contributed by atoms with Crippen molar-refractivity contribution in [3.05, 3.63) is 53.4 Å². The highest BCUT2D eigenvalue weighted by molar-refractivity contribution is 6.39. The van der Waals surface area contributed by atoms with Gasteiger partial charge in [-0.1, -0.05) is 11.6 Å². The molecule has 0 aliphatic heterocycles. The molecule has 0 bridgehead atoms. The van der Waals surface area contributed by atoms with Gasteiger partial charge in [0, 0.05) is 16.8 Å². The Hall–Kier alpha value is -2.27. The molecule has 0 unspecified atom stereocenters. The number of anilines is 1. The van der Waals surface area contributed by atoms with Crippen LogP contribution in [0.15, 0.2) is 47.1 Å². The number of rotatable bonds is 4. The Morgan fingerprint density at radius 2 is 1.96 bits per heavy atom. The molecule has 2 aromatic rings. The molecule has 1 aliphatic rings. The second-order valence-corrected chi connectivity index (χ2v) is 6.03. The number of halogens is 1. The van der Waals surface area contributed by atoms with Crippen molar-refractivity contribution in [3.8, 4) is 0 Å². The molecule has 1 aromatic heterocycles. The molecular weight excluding hydrogens is 316 g/mol. The molecule has 0 spiro atoms. The van der Waals surface area contributed by atoms with Gasteiger partial charge in [0.25, 0.3) is 0 Å². The predicted molar refractivity (Wildman–Crippen MR) is 87.1 cm³/mol. The van der Waals surface area contributed by atoms with E-state index in [9.17, 15) is 9.59 Å². The summed E-state index contributed by atoms with van der Waals surface area (Å²) >= 11 is 5.81. The second-order valence-electron chi connectivity index (χ2n) is 5.60. The zero-order valence-electron chi connectivity index (χ0n) is 12.7. The molecule has 1 heterocycles. The summed E-state index contributed by atoms with van der Waals surface area (Å²) in [5, 5.41) is 3.18. The number of benzene rings is 1. The molecule has 23 heavy (non-hydrogen) atoms. The summed E-state index contributed by atoms with van der Waals surface area (Å²) < 4.78 is 5.38. The molecule has 1 N–H and O–H groups in total. The Kier molecular flexibility index (Phi) is 4.39. The van der Waals surface area contributed by atoms with Gasteiger partial charge in [0.15, 0.2) is 0 Å². The molecule has 6 heteroatoms. The number of hydrogen-bond acceptors (Lipinski definition) is 3. The molecule has 0 saturated heterocycles. The van der Waals surface area contributed by atoms with Gasteiger partial charge < -0.3 is 14.6 Å². The zero-order chi connectivity index (χ0) is 16.4. The lowest BCUT2D eigenvalue weighted by Gasteiger charge is -2.27. The van der Waals surface area contributed by atoms with E-state index in [1.165, 1.54) is 0 Å². The minimum absolute atomic E-state index is 0.0959. The maximum Gasteiger partial charge on any atom is 0.313 e. The Balaban J connectivity index is 1.73. The Morgan fingerprint density at radius 1 is 1.26 bits per heavy atom. The van der Waals surface area contributed by atoms with Crippen LogP contribution in [0.4, 0.5) is 5.69 Å². The number of carbonyl (C=O) groups excluding carboxylic acids is 2. The first kappa shape index (κ1) is 15.6. The Morgan fingerprint density at radius 3 is 2.52 bits per heavy atom. The number of amides is 2. The van der Waals surface area contributed by atoms with E-state index in [2.05, 4.69) is 5.32 Å². The Labute approximate surface area is 139 Å². The van der Waals surface area contributed by atoms with E-state index in [0.717, 1.165) is 12.8 Å². The first-order valence-electron chi connectivity index (χ1n) is 7.49. The van der Waals surface area contributed by atoms with Gasteiger partial charge in [-0.2, -0.15) is 0 Å². The highest BCUT2D eigenvalue weighted by Crippen LogP contribution is 2.34. The van der Waals surface area contributed by atoms with Crippen LogP contribution in [0.25, 0.3) is 0 Å². The number of nitrogens with one attached hydrogen (secondary N) is 1. The normalized spacial score (nSPS) is 15.0. The topological polar surface area (TPSA) is 62.6 Å². The van der Waals surface area contributed by atoms with Crippen molar-refractivity contribution in [3.63, 3.8) is 0 Å². The molecular formula is C17H17ClN2O3. The van der Waals surface area contributed by atoms with Gasteiger partial charge in [-0.3, -0.25) is 9.59 Å². The van der Waals surface area contributed by atoms with Gasteiger partial charge in [-0.15, -0.1) is 0 Å². The van der Waals surface area contributed by atoms with E-state index in [1.807, 2.05) is 13.0 Å². The lowest BCUT2D eigenvalue weighted by molar-refractivity contribution is -0.145. The summed E-state index contributed by atoms with van der Waals surface area (Å²) in [6.45, 7) is 1.87. The molecule has 1 atom stereocenters. The van der Waals surface area contributed by atoms with Gasteiger partial charge in [-0.25, -0.2) is 0 Å². The van der Waals surface area contributed by atoms with Crippen molar-refractivity contribution in [2.24, 2.45) is 0 Å². The lowest BCUT2D eigenvalue weighted by Crippen LogP contribution is -2.42. The molecule has 3 rings (SSSR count). The van der Waals surface area contributed by atoms with Gasteiger partial charge in [0.2, 0.25) is 0 Å². The molecule has 1 aromatic carbocycles. The van der Waals surface area contributed by atoms with Crippen LogP contribution < -0.4 is 5.32 Å². The third-order valence-electron chi connectivity index (χ3n) is 3.84. The van der Waals surface area contributed by atoms with Crippen LogP contribution in [0, 0.1) is 0 Å². The number of carbonyl (C=O) groups is 2. The summed E-state index contributed by atoms with van der Waals surface area (Å²) in [6, 6.07) is 10.0. The van der Waals surface area contributed by atoms with Gasteiger partial charge in [0.05, 0.1) is 12.3 Å². The van der Waals surface area contributed by atoms with E-state index >= 15 is 0 Å². The van der Waals surface area contributed by atoms with E-state index in [1.54, 1.807) is 41.5 Å². The minimum Gasteiger partial charge on any atom is -0.467 e. The SMILES string of the molecule is C[C@@H](c1ccco1)N(C(=O)C(=O)Nc1ccc(Cl)cc1)C1CC1. The molecule has 1 fully saturated rings. The summed E-state index contributed by atoms with van der Waals surface area (Å²) in [7, 11) is 0. The highest BCUT2D eigenvalue weighted by atomic mass is 35.5. The molecule has 0 radical (unpaired) electrons. The van der Waals surface area contributed by atoms with E-state index in [4.69, 9.17) is 16.0 Å². The Bertz CT molecular complexity index is 693. The van der Waals surface area contributed by atoms with Crippen LogP contribution in [0.1, 0.15) is 31.6 Å². The first-order valence-corrected chi connectivity index (χ1v) is 7.86.